The van der Waals surface area contributed by atoms with E-state index in [9.17, 15) is 0 Å². The van der Waals surface area contributed by atoms with Crippen molar-refractivity contribution in [3.63, 3.8) is 0 Å². The van der Waals surface area contributed by atoms with E-state index in [-0.39, 0.29) is 0 Å². The molecule has 0 fully saturated rings. The summed E-state index contributed by atoms with van der Waals surface area (Å²) in [5.74, 6) is 0.813. The third-order valence-electron chi connectivity index (χ3n) is 1.47. The Balaban J connectivity index is 2.77. The van der Waals surface area contributed by atoms with Crippen LogP contribution in [0.1, 0.15) is 11.1 Å². The molecule has 62 valence electrons. The Hall–Kier alpha value is -0.650. The first-order chi connectivity index (χ1) is 5.88. The number of rotatable bonds is 3. The lowest BCUT2D eigenvalue weighted by Crippen LogP contribution is -1.85. The van der Waals surface area contributed by atoms with Gasteiger partial charge in [0.05, 0.1) is 16.8 Å². The molecular formula is C9H8ClNS. The Morgan fingerprint density at radius 3 is 2.83 bits per heavy atom. The van der Waals surface area contributed by atoms with Crippen molar-refractivity contribution in [2.45, 2.75) is 5.75 Å². The Labute approximate surface area is 81.3 Å². The quantitative estimate of drug-likeness (QED) is 0.696. The summed E-state index contributed by atoms with van der Waals surface area (Å²) in [6.07, 6.45) is 0. The van der Waals surface area contributed by atoms with Crippen LogP contribution in [0.3, 0.4) is 0 Å². The lowest BCUT2D eigenvalue weighted by atomic mass is 10.1. The topological polar surface area (TPSA) is 23.8 Å². The minimum atomic E-state index is 0.569. The molecule has 0 aliphatic heterocycles. The molecule has 0 aromatic heterocycles. The van der Waals surface area contributed by atoms with Crippen molar-refractivity contribution >= 4 is 23.4 Å². The van der Waals surface area contributed by atoms with Gasteiger partial charge in [-0.1, -0.05) is 18.2 Å². The Morgan fingerprint density at radius 1 is 1.42 bits per heavy atom. The van der Waals surface area contributed by atoms with Crippen molar-refractivity contribution in [1.29, 1.82) is 5.26 Å². The zero-order valence-electron chi connectivity index (χ0n) is 6.46. The fourth-order valence-electron chi connectivity index (χ4n) is 0.904. The van der Waals surface area contributed by atoms with E-state index in [1.165, 1.54) is 0 Å². The van der Waals surface area contributed by atoms with Gasteiger partial charge in [0.1, 0.15) is 0 Å². The summed E-state index contributed by atoms with van der Waals surface area (Å²) in [6, 6.07) is 9.73. The van der Waals surface area contributed by atoms with Gasteiger partial charge in [0, 0.05) is 5.75 Å². The molecule has 1 aromatic rings. The first-order valence-electron chi connectivity index (χ1n) is 3.50. The standard InChI is InChI=1S/C9H8ClNS/c10-7-12-6-9-4-2-1-3-8(9)5-11/h1-4H,6-7H2. The normalized spacial score (nSPS) is 9.33. The zero-order chi connectivity index (χ0) is 8.81. The number of halogens is 1. The largest absolute Gasteiger partial charge is 0.192 e. The second-order valence-corrected chi connectivity index (χ2v) is 3.80. The lowest BCUT2D eigenvalue weighted by Gasteiger charge is -2.00. The van der Waals surface area contributed by atoms with Crippen molar-refractivity contribution in [3.05, 3.63) is 35.4 Å². The summed E-state index contributed by atoms with van der Waals surface area (Å²) < 4.78 is 0. The number of benzene rings is 1. The van der Waals surface area contributed by atoms with Crippen LogP contribution >= 0.6 is 23.4 Å². The first kappa shape index (κ1) is 9.44. The van der Waals surface area contributed by atoms with Gasteiger partial charge in [-0.25, -0.2) is 0 Å². The monoisotopic (exact) mass is 197 g/mol. The molecule has 1 rings (SSSR count). The predicted molar refractivity (Wildman–Crippen MR) is 53.2 cm³/mol. The highest BCUT2D eigenvalue weighted by Crippen LogP contribution is 2.16. The highest BCUT2D eigenvalue weighted by atomic mass is 35.5. The summed E-state index contributed by atoms with van der Waals surface area (Å²) in [7, 11) is 0. The summed E-state index contributed by atoms with van der Waals surface area (Å²) >= 11 is 7.13. The van der Waals surface area contributed by atoms with Gasteiger partial charge in [-0.05, 0) is 11.6 Å². The summed E-state index contributed by atoms with van der Waals surface area (Å²) in [6.45, 7) is 0. The van der Waals surface area contributed by atoms with Gasteiger partial charge in [0.15, 0.2) is 0 Å². The lowest BCUT2D eigenvalue weighted by molar-refractivity contribution is 1.36. The van der Waals surface area contributed by atoms with Gasteiger partial charge in [0.2, 0.25) is 0 Å². The number of nitriles is 1. The number of thioether (sulfide) groups is 1. The minimum Gasteiger partial charge on any atom is -0.192 e. The van der Waals surface area contributed by atoms with Crippen LogP contribution in [-0.2, 0) is 5.75 Å². The van der Waals surface area contributed by atoms with Crippen molar-refractivity contribution in [3.8, 4) is 6.07 Å². The fourth-order valence-corrected chi connectivity index (χ4v) is 1.68. The van der Waals surface area contributed by atoms with E-state index in [0.29, 0.717) is 5.21 Å². The van der Waals surface area contributed by atoms with Crippen molar-refractivity contribution < 1.29 is 0 Å². The number of nitrogens with zero attached hydrogens (tertiary/aromatic N) is 1. The van der Waals surface area contributed by atoms with E-state index in [1.54, 1.807) is 11.8 Å². The average molecular weight is 198 g/mol. The van der Waals surface area contributed by atoms with Crippen molar-refractivity contribution in [1.82, 2.24) is 0 Å². The van der Waals surface area contributed by atoms with Crippen LogP contribution < -0.4 is 0 Å². The molecule has 1 nitrogen and oxygen atoms in total. The fraction of sp³-hybridized carbons (Fsp3) is 0.222. The van der Waals surface area contributed by atoms with Crippen LogP contribution in [-0.4, -0.2) is 5.21 Å². The molecule has 0 unspecified atom stereocenters. The maximum Gasteiger partial charge on any atom is 0.0994 e. The van der Waals surface area contributed by atoms with Crippen LogP contribution in [0.2, 0.25) is 0 Å². The van der Waals surface area contributed by atoms with Crippen LogP contribution in [0, 0.1) is 11.3 Å². The SMILES string of the molecule is N#Cc1ccccc1CSCCl. The molecule has 0 N–H and O–H groups in total. The first-order valence-corrected chi connectivity index (χ1v) is 5.19. The van der Waals surface area contributed by atoms with E-state index < -0.39 is 0 Å². The number of hydrogen-bond donors (Lipinski definition) is 0. The highest BCUT2D eigenvalue weighted by molar-refractivity contribution is 7.99. The molecule has 0 aliphatic rings. The molecule has 0 aliphatic carbocycles. The molecule has 0 radical (unpaired) electrons. The summed E-state index contributed by atoms with van der Waals surface area (Å²) in [5, 5.41) is 9.29. The van der Waals surface area contributed by atoms with Crippen LogP contribution in [0.5, 0.6) is 0 Å². The van der Waals surface area contributed by atoms with Crippen LogP contribution in [0.25, 0.3) is 0 Å². The Bertz CT molecular complexity index is 293. The van der Waals surface area contributed by atoms with Crippen molar-refractivity contribution in [2.24, 2.45) is 0 Å². The van der Waals surface area contributed by atoms with Crippen molar-refractivity contribution in [2.75, 3.05) is 5.21 Å². The van der Waals surface area contributed by atoms with E-state index in [0.717, 1.165) is 16.9 Å². The smallest absolute Gasteiger partial charge is 0.0994 e. The second kappa shape index (κ2) is 5.08. The third kappa shape index (κ3) is 2.44. The van der Waals surface area contributed by atoms with Crippen LogP contribution in [0.4, 0.5) is 0 Å². The van der Waals surface area contributed by atoms with E-state index in [1.807, 2.05) is 24.3 Å². The average Bonchev–Trinajstić information content (AvgIpc) is 2.15. The summed E-state index contributed by atoms with van der Waals surface area (Å²) in [4.78, 5) is 0. The van der Waals surface area contributed by atoms with Gasteiger partial charge < -0.3 is 0 Å². The van der Waals surface area contributed by atoms with Crippen LogP contribution in [0.15, 0.2) is 24.3 Å². The van der Waals surface area contributed by atoms with E-state index in [4.69, 9.17) is 16.9 Å². The molecule has 0 amide bonds. The second-order valence-electron chi connectivity index (χ2n) is 2.23. The Morgan fingerprint density at radius 2 is 2.17 bits per heavy atom. The number of alkyl halides is 1. The maximum atomic E-state index is 8.73. The van der Waals surface area contributed by atoms with Gasteiger partial charge >= 0.3 is 0 Å². The molecule has 0 heterocycles. The predicted octanol–water partition coefficient (Wildman–Crippen LogP) is 2.99. The Kier molecular flexibility index (Phi) is 3.99. The molecule has 0 atom stereocenters. The minimum absolute atomic E-state index is 0.569. The molecule has 0 saturated carbocycles. The summed E-state index contributed by atoms with van der Waals surface area (Å²) in [5.41, 5.74) is 1.81. The molecule has 1 aromatic carbocycles. The molecule has 0 bridgehead atoms. The molecule has 0 spiro atoms. The molecular weight excluding hydrogens is 190 g/mol. The van der Waals surface area contributed by atoms with E-state index >= 15 is 0 Å². The molecule has 3 heteroatoms. The maximum absolute atomic E-state index is 8.73. The van der Waals surface area contributed by atoms with E-state index in [2.05, 4.69) is 6.07 Å². The van der Waals surface area contributed by atoms with Gasteiger partial charge in [0.25, 0.3) is 0 Å². The van der Waals surface area contributed by atoms with Gasteiger partial charge in [-0.3, -0.25) is 0 Å². The van der Waals surface area contributed by atoms with Gasteiger partial charge in [-0.15, -0.1) is 23.4 Å². The number of hydrogen-bond acceptors (Lipinski definition) is 2. The zero-order valence-corrected chi connectivity index (χ0v) is 8.03. The third-order valence-corrected chi connectivity index (χ3v) is 2.60. The molecule has 0 saturated heterocycles. The van der Waals surface area contributed by atoms with Gasteiger partial charge in [-0.2, -0.15) is 5.26 Å². The molecule has 12 heavy (non-hydrogen) atoms. The highest BCUT2D eigenvalue weighted by Gasteiger charge is 1.98.